The van der Waals surface area contributed by atoms with Gasteiger partial charge in [-0.15, -0.1) is 0 Å². The summed E-state index contributed by atoms with van der Waals surface area (Å²) in [5, 5.41) is 2.89. The van der Waals surface area contributed by atoms with Crippen molar-refractivity contribution in [1.29, 1.82) is 0 Å². The summed E-state index contributed by atoms with van der Waals surface area (Å²) in [6.07, 6.45) is 3.02. The van der Waals surface area contributed by atoms with Crippen LogP contribution in [0.4, 0.5) is 4.79 Å². The Labute approximate surface area is 224 Å². The van der Waals surface area contributed by atoms with Gasteiger partial charge in [0, 0.05) is 18.7 Å². The lowest BCUT2D eigenvalue weighted by molar-refractivity contribution is 0.00578. The largest absolute Gasteiger partial charge is 0.494 e. The molecule has 0 atom stereocenters. The minimum Gasteiger partial charge on any atom is -0.494 e. The molecule has 1 aliphatic heterocycles. The first kappa shape index (κ1) is 26.0. The number of aromatic nitrogens is 1. The molecule has 38 heavy (non-hydrogen) atoms. The Morgan fingerprint density at radius 2 is 1.58 bits per heavy atom. The van der Waals surface area contributed by atoms with Gasteiger partial charge in [-0.05, 0) is 73.6 Å². The fourth-order valence-corrected chi connectivity index (χ4v) is 4.88. The van der Waals surface area contributed by atoms with E-state index < -0.39 is 24.4 Å². The zero-order chi connectivity index (χ0) is 26.9. The number of hydrogen-bond acceptors (Lipinski definition) is 6. The van der Waals surface area contributed by atoms with E-state index in [9.17, 15) is 4.79 Å². The standard InChI is InChI=1S/C30H33BN2O5/c1-29(2)30(3,4)38-31(37-29)20(17-26-27(35-5)15-10-16-32-26)18-33-28(34)36-19-25-23-13-8-6-11-21(23)22-12-7-9-14-24(22)25/h6-17,25H,18-19H2,1-5H3,(H,33,34). The van der Waals surface area contributed by atoms with Crippen molar-refractivity contribution in [2.75, 3.05) is 20.3 Å². The first-order chi connectivity index (χ1) is 18.2. The van der Waals surface area contributed by atoms with Crippen molar-refractivity contribution in [1.82, 2.24) is 10.3 Å². The van der Waals surface area contributed by atoms with Crippen LogP contribution in [0.1, 0.15) is 50.4 Å². The maximum atomic E-state index is 12.9. The van der Waals surface area contributed by atoms with Crippen LogP contribution >= 0.6 is 0 Å². The molecule has 1 amide bonds. The molecule has 0 bridgehead atoms. The minimum absolute atomic E-state index is 0.0101. The molecule has 7 nitrogen and oxygen atoms in total. The molecule has 1 aliphatic carbocycles. The maximum absolute atomic E-state index is 12.9. The molecular formula is C30H33BN2O5. The summed E-state index contributed by atoms with van der Waals surface area (Å²) in [5.41, 5.74) is 4.97. The van der Waals surface area contributed by atoms with E-state index in [1.807, 2.05) is 64.1 Å². The molecule has 8 heteroatoms. The summed E-state index contributed by atoms with van der Waals surface area (Å²) < 4.78 is 23.7. The molecule has 1 fully saturated rings. The van der Waals surface area contributed by atoms with Gasteiger partial charge < -0.3 is 24.1 Å². The lowest BCUT2D eigenvalue weighted by Gasteiger charge is -2.32. The van der Waals surface area contributed by atoms with Gasteiger partial charge in [-0.3, -0.25) is 4.98 Å². The summed E-state index contributed by atoms with van der Waals surface area (Å²) in [7, 11) is 0.929. The van der Waals surface area contributed by atoms with E-state index >= 15 is 0 Å². The summed E-state index contributed by atoms with van der Waals surface area (Å²) in [6.45, 7) is 8.36. The third kappa shape index (κ3) is 4.94. The molecule has 2 aromatic carbocycles. The van der Waals surface area contributed by atoms with Gasteiger partial charge >= 0.3 is 13.2 Å². The van der Waals surface area contributed by atoms with Crippen LogP contribution in [0.3, 0.4) is 0 Å². The van der Waals surface area contributed by atoms with E-state index in [-0.39, 0.29) is 19.1 Å². The van der Waals surface area contributed by atoms with Crippen molar-refractivity contribution in [2.24, 2.45) is 0 Å². The van der Waals surface area contributed by atoms with Gasteiger partial charge in [0.1, 0.15) is 18.1 Å². The van der Waals surface area contributed by atoms with Gasteiger partial charge in [0.25, 0.3) is 0 Å². The van der Waals surface area contributed by atoms with Gasteiger partial charge in [0.15, 0.2) is 0 Å². The molecular weight excluding hydrogens is 479 g/mol. The number of carbonyl (C=O) groups is 1. The number of rotatable bonds is 7. The predicted molar refractivity (Wildman–Crippen MR) is 148 cm³/mol. The molecule has 2 heterocycles. The second-order valence-corrected chi connectivity index (χ2v) is 10.6. The monoisotopic (exact) mass is 512 g/mol. The van der Waals surface area contributed by atoms with Crippen LogP contribution in [0.5, 0.6) is 5.75 Å². The number of alkyl carbamates (subject to hydrolysis) is 1. The fourth-order valence-electron chi connectivity index (χ4n) is 4.88. The van der Waals surface area contributed by atoms with Crippen molar-refractivity contribution in [3.63, 3.8) is 0 Å². The number of pyridine rings is 1. The van der Waals surface area contributed by atoms with Crippen molar-refractivity contribution < 1.29 is 23.6 Å². The maximum Gasteiger partial charge on any atom is 0.492 e. The van der Waals surface area contributed by atoms with Gasteiger partial charge in [0.05, 0.1) is 18.3 Å². The van der Waals surface area contributed by atoms with Gasteiger partial charge in [-0.25, -0.2) is 4.79 Å². The highest BCUT2D eigenvalue weighted by atomic mass is 16.7. The number of ether oxygens (including phenoxy) is 2. The molecule has 0 radical (unpaired) electrons. The Hall–Kier alpha value is -3.62. The molecule has 1 N–H and O–H groups in total. The Balaban J connectivity index is 1.31. The van der Waals surface area contributed by atoms with Gasteiger partial charge in [-0.2, -0.15) is 0 Å². The second-order valence-electron chi connectivity index (χ2n) is 10.6. The SMILES string of the molecule is COc1cccnc1C=C(CNC(=O)OCC1c2ccccc2-c2ccccc21)B1OC(C)(C)C(C)(C)O1. The number of fused-ring (bicyclic) bond motifs is 3. The summed E-state index contributed by atoms with van der Waals surface area (Å²) in [5.74, 6) is 0.603. The summed E-state index contributed by atoms with van der Waals surface area (Å²) in [4.78, 5) is 17.3. The number of nitrogens with one attached hydrogen (secondary N) is 1. The quantitative estimate of drug-likeness (QED) is 0.413. The Kier molecular flexibility index (Phi) is 7.03. The van der Waals surface area contributed by atoms with Crippen molar-refractivity contribution in [3.8, 4) is 16.9 Å². The third-order valence-corrected chi connectivity index (χ3v) is 7.68. The molecule has 1 saturated heterocycles. The van der Waals surface area contributed by atoms with E-state index in [0.29, 0.717) is 16.9 Å². The predicted octanol–water partition coefficient (Wildman–Crippen LogP) is 5.64. The van der Waals surface area contributed by atoms with Crippen LogP contribution in [0.2, 0.25) is 0 Å². The van der Waals surface area contributed by atoms with Crippen LogP contribution in [0.25, 0.3) is 17.2 Å². The Morgan fingerprint density at radius 3 is 2.18 bits per heavy atom. The Morgan fingerprint density at radius 1 is 0.974 bits per heavy atom. The number of carbonyl (C=O) groups excluding carboxylic acids is 1. The molecule has 0 spiro atoms. The zero-order valence-electron chi connectivity index (χ0n) is 22.5. The van der Waals surface area contributed by atoms with E-state index in [1.165, 1.54) is 22.3 Å². The van der Waals surface area contributed by atoms with Crippen molar-refractivity contribution in [3.05, 3.63) is 89.2 Å². The molecule has 3 aromatic rings. The first-order valence-electron chi connectivity index (χ1n) is 12.8. The molecule has 1 aromatic heterocycles. The van der Waals surface area contributed by atoms with E-state index in [0.717, 1.165) is 0 Å². The minimum atomic E-state index is -0.666. The van der Waals surface area contributed by atoms with E-state index in [2.05, 4.69) is 34.6 Å². The van der Waals surface area contributed by atoms with Crippen molar-refractivity contribution >= 4 is 19.3 Å². The molecule has 196 valence electrons. The highest BCUT2D eigenvalue weighted by Crippen LogP contribution is 2.44. The van der Waals surface area contributed by atoms with Crippen LogP contribution in [-0.4, -0.2) is 49.7 Å². The summed E-state index contributed by atoms with van der Waals surface area (Å²) >= 11 is 0. The highest BCUT2D eigenvalue weighted by Gasteiger charge is 2.52. The van der Waals surface area contributed by atoms with E-state index in [4.69, 9.17) is 18.8 Å². The first-order valence-corrected chi connectivity index (χ1v) is 12.8. The van der Waals surface area contributed by atoms with Crippen LogP contribution in [0.15, 0.2) is 72.3 Å². The number of methoxy groups -OCH3 is 1. The fraction of sp³-hybridized carbons (Fsp3) is 0.333. The number of hydrogen-bond donors (Lipinski definition) is 1. The normalized spacial score (nSPS) is 17.6. The lowest BCUT2D eigenvalue weighted by atomic mass is 9.77. The second kappa shape index (κ2) is 10.3. The van der Waals surface area contributed by atoms with Crippen LogP contribution in [0, 0.1) is 0 Å². The molecule has 0 saturated carbocycles. The average Bonchev–Trinajstić information content (AvgIpc) is 3.34. The molecule has 0 unspecified atom stereocenters. The van der Waals surface area contributed by atoms with E-state index in [1.54, 1.807) is 19.4 Å². The highest BCUT2D eigenvalue weighted by molar-refractivity contribution is 6.56. The van der Waals surface area contributed by atoms with Crippen LogP contribution in [-0.2, 0) is 14.0 Å². The number of nitrogens with zero attached hydrogens (tertiary/aromatic N) is 1. The van der Waals surface area contributed by atoms with Crippen molar-refractivity contribution in [2.45, 2.75) is 44.8 Å². The van der Waals surface area contributed by atoms with Gasteiger partial charge in [-0.1, -0.05) is 48.5 Å². The Bertz CT molecular complexity index is 1310. The van der Waals surface area contributed by atoms with Crippen LogP contribution < -0.4 is 10.1 Å². The average molecular weight is 512 g/mol. The summed E-state index contributed by atoms with van der Waals surface area (Å²) in [6, 6.07) is 20.2. The topological polar surface area (TPSA) is 78.9 Å². The molecule has 5 rings (SSSR count). The molecule has 2 aliphatic rings. The smallest absolute Gasteiger partial charge is 0.492 e. The van der Waals surface area contributed by atoms with Gasteiger partial charge in [0.2, 0.25) is 0 Å². The number of benzene rings is 2. The zero-order valence-corrected chi connectivity index (χ0v) is 22.5. The lowest BCUT2D eigenvalue weighted by Crippen LogP contribution is -2.41. The third-order valence-electron chi connectivity index (χ3n) is 7.68. The number of amides is 1.